The normalized spacial score (nSPS) is 11.9. The van der Waals surface area contributed by atoms with Crippen molar-refractivity contribution in [3.8, 4) is 11.3 Å². The molecule has 0 N–H and O–H groups in total. The van der Waals surface area contributed by atoms with E-state index in [2.05, 4.69) is 15.0 Å². The summed E-state index contributed by atoms with van der Waals surface area (Å²) in [6, 6.07) is 17.6. The van der Waals surface area contributed by atoms with Crippen molar-refractivity contribution in [1.29, 1.82) is 0 Å². The molecule has 1 atom stereocenters. The van der Waals surface area contributed by atoms with E-state index in [-0.39, 0.29) is 0 Å². The van der Waals surface area contributed by atoms with Gasteiger partial charge in [-0.2, -0.15) is 0 Å². The average Bonchev–Trinajstić information content (AvgIpc) is 2.62. The summed E-state index contributed by atoms with van der Waals surface area (Å²) in [6.45, 7) is 0. The number of hydrogen-bond donors (Lipinski definition) is 0. The highest BCUT2D eigenvalue weighted by Gasteiger charge is 2.10. The minimum atomic E-state index is -1.22. The van der Waals surface area contributed by atoms with Crippen LogP contribution in [0.3, 0.4) is 0 Å². The van der Waals surface area contributed by atoms with Crippen LogP contribution in [0.2, 0.25) is 0 Å². The van der Waals surface area contributed by atoms with Crippen LogP contribution < -0.4 is 4.90 Å². The number of nitrogens with zero attached hydrogens (tertiary/aromatic N) is 4. The lowest BCUT2D eigenvalue weighted by Gasteiger charge is -2.18. The van der Waals surface area contributed by atoms with Gasteiger partial charge in [0.2, 0.25) is 5.16 Å². The number of rotatable bonds is 4. The number of benzene rings is 1. The van der Waals surface area contributed by atoms with Crippen molar-refractivity contribution in [1.82, 2.24) is 15.0 Å². The highest BCUT2D eigenvalue weighted by molar-refractivity contribution is 7.84. The molecule has 0 bridgehead atoms. The molecule has 2 heterocycles. The monoisotopic (exact) mass is 324 g/mol. The van der Waals surface area contributed by atoms with Gasteiger partial charge in [0.15, 0.2) is 0 Å². The van der Waals surface area contributed by atoms with E-state index in [4.69, 9.17) is 0 Å². The first-order valence-corrected chi connectivity index (χ1v) is 8.63. The summed E-state index contributed by atoms with van der Waals surface area (Å²) in [5.41, 5.74) is 1.95. The molecule has 0 aliphatic rings. The zero-order valence-electron chi connectivity index (χ0n) is 12.9. The Labute approximate surface area is 137 Å². The molecule has 2 aromatic heterocycles. The van der Waals surface area contributed by atoms with Crippen molar-refractivity contribution < 1.29 is 4.21 Å². The van der Waals surface area contributed by atoms with Crippen molar-refractivity contribution in [3.63, 3.8) is 0 Å². The molecule has 1 unspecified atom stereocenters. The molecular formula is C17H16N4OS. The first-order chi connectivity index (χ1) is 11.1. The maximum Gasteiger partial charge on any atom is 0.220 e. The predicted molar refractivity (Wildman–Crippen MR) is 92.1 cm³/mol. The van der Waals surface area contributed by atoms with Gasteiger partial charge in [0.05, 0.1) is 16.5 Å². The molecule has 0 amide bonds. The predicted octanol–water partition coefficient (Wildman–Crippen LogP) is 3.04. The Morgan fingerprint density at radius 3 is 2.39 bits per heavy atom. The van der Waals surface area contributed by atoms with Gasteiger partial charge >= 0.3 is 0 Å². The topological polar surface area (TPSA) is 59.0 Å². The standard InChI is InChI=1S/C17H16N4OS/c1-21(16-11-12-18-17(20-16)23(2)22)15-10-6-9-14(19-15)13-7-4-3-5-8-13/h3-12H,1-2H3. The molecule has 23 heavy (non-hydrogen) atoms. The van der Waals surface area contributed by atoms with Crippen molar-refractivity contribution in [2.24, 2.45) is 0 Å². The third-order valence-electron chi connectivity index (χ3n) is 3.37. The fraction of sp³-hybridized carbons (Fsp3) is 0.118. The van der Waals surface area contributed by atoms with Crippen molar-refractivity contribution in [2.45, 2.75) is 5.16 Å². The molecule has 1 aromatic carbocycles. The van der Waals surface area contributed by atoms with Crippen LogP contribution in [0.25, 0.3) is 11.3 Å². The van der Waals surface area contributed by atoms with E-state index in [0.717, 1.165) is 17.1 Å². The van der Waals surface area contributed by atoms with Gasteiger partial charge in [-0.1, -0.05) is 36.4 Å². The number of hydrogen-bond acceptors (Lipinski definition) is 5. The fourth-order valence-corrected chi connectivity index (χ4v) is 2.59. The van der Waals surface area contributed by atoms with Crippen LogP contribution in [0, 0.1) is 0 Å². The largest absolute Gasteiger partial charge is 0.314 e. The highest BCUT2D eigenvalue weighted by Crippen LogP contribution is 2.23. The Morgan fingerprint density at radius 1 is 0.913 bits per heavy atom. The Bertz CT molecular complexity index is 839. The lowest BCUT2D eigenvalue weighted by Crippen LogP contribution is -2.14. The van der Waals surface area contributed by atoms with Crippen LogP contribution in [-0.4, -0.2) is 32.5 Å². The molecule has 0 aliphatic carbocycles. The summed E-state index contributed by atoms with van der Waals surface area (Å²) in [4.78, 5) is 14.9. The SMILES string of the molecule is CN(c1cccc(-c2ccccc2)n1)c1ccnc(S(C)=O)n1. The smallest absolute Gasteiger partial charge is 0.220 e. The van der Waals surface area contributed by atoms with Gasteiger partial charge in [-0.25, -0.2) is 15.0 Å². The van der Waals surface area contributed by atoms with Crippen LogP contribution in [0.4, 0.5) is 11.6 Å². The summed E-state index contributed by atoms with van der Waals surface area (Å²) in [5.74, 6) is 1.42. The second-order valence-electron chi connectivity index (χ2n) is 4.96. The molecule has 3 aromatic rings. The summed E-state index contributed by atoms with van der Waals surface area (Å²) < 4.78 is 11.5. The Hall–Kier alpha value is -2.60. The Kier molecular flexibility index (Phi) is 4.43. The van der Waals surface area contributed by atoms with Gasteiger partial charge in [-0.05, 0) is 18.2 Å². The molecule has 0 radical (unpaired) electrons. The van der Waals surface area contributed by atoms with Crippen LogP contribution in [0.5, 0.6) is 0 Å². The van der Waals surface area contributed by atoms with Crippen molar-refractivity contribution >= 4 is 22.4 Å². The first-order valence-electron chi connectivity index (χ1n) is 7.08. The van der Waals surface area contributed by atoms with E-state index in [9.17, 15) is 4.21 Å². The number of pyridine rings is 1. The van der Waals surface area contributed by atoms with E-state index in [1.165, 1.54) is 0 Å². The van der Waals surface area contributed by atoms with Crippen molar-refractivity contribution in [3.05, 3.63) is 60.8 Å². The molecule has 0 fully saturated rings. The van der Waals surface area contributed by atoms with Crippen LogP contribution in [-0.2, 0) is 10.8 Å². The second kappa shape index (κ2) is 6.66. The minimum absolute atomic E-state index is 0.313. The van der Waals surface area contributed by atoms with Gasteiger partial charge in [-0.15, -0.1) is 0 Å². The number of anilines is 2. The molecule has 116 valence electrons. The summed E-state index contributed by atoms with van der Waals surface area (Å²) in [7, 11) is 0.661. The quantitative estimate of drug-likeness (QED) is 0.690. The molecule has 0 saturated heterocycles. The van der Waals surface area contributed by atoms with E-state index in [0.29, 0.717) is 11.0 Å². The van der Waals surface area contributed by atoms with E-state index < -0.39 is 10.8 Å². The molecule has 5 nitrogen and oxygen atoms in total. The maximum absolute atomic E-state index is 11.5. The zero-order valence-corrected chi connectivity index (χ0v) is 13.7. The van der Waals surface area contributed by atoms with E-state index in [1.807, 2.05) is 60.5 Å². The molecular weight excluding hydrogens is 308 g/mol. The Balaban J connectivity index is 1.95. The molecule has 0 spiro atoms. The zero-order chi connectivity index (χ0) is 16.2. The average molecular weight is 324 g/mol. The van der Waals surface area contributed by atoms with Gasteiger partial charge < -0.3 is 4.90 Å². The maximum atomic E-state index is 11.5. The third kappa shape index (κ3) is 3.43. The first kappa shape index (κ1) is 15.3. The van der Waals surface area contributed by atoms with Gasteiger partial charge in [0.1, 0.15) is 11.6 Å². The lowest BCUT2D eigenvalue weighted by molar-refractivity contribution is 0.679. The minimum Gasteiger partial charge on any atom is -0.314 e. The van der Waals surface area contributed by atoms with Gasteiger partial charge in [0.25, 0.3) is 0 Å². The summed E-state index contributed by atoms with van der Waals surface area (Å²) >= 11 is 0. The van der Waals surface area contributed by atoms with Crippen LogP contribution in [0.15, 0.2) is 66.0 Å². The summed E-state index contributed by atoms with van der Waals surface area (Å²) in [6.07, 6.45) is 3.17. The third-order valence-corrected chi connectivity index (χ3v) is 4.08. The van der Waals surface area contributed by atoms with E-state index in [1.54, 1.807) is 18.5 Å². The molecule has 3 rings (SSSR count). The van der Waals surface area contributed by atoms with Gasteiger partial charge in [-0.3, -0.25) is 4.21 Å². The summed E-state index contributed by atoms with van der Waals surface area (Å²) in [5, 5.41) is 0.313. The molecule has 0 aliphatic heterocycles. The van der Waals surface area contributed by atoms with E-state index >= 15 is 0 Å². The highest BCUT2D eigenvalue weighted by atomic mass is 32.2. The van der Waals surface area contributed by atoms with Crippen LogP contribution >= 0.6 is 0 Å². The second-order valence-corrected chi connectivity index (χ2v) is 6.23. The van der Waals surface area contributed by atoms with Crippen LogP contribution in [0.1, 0.15) is 0 Å². The lowest BCUT2D eigenvalue weighted by atomic mass is 10.1. The van der Waals surface area contributed by atoms with Crippen molar-refractivity contribution in [2.75, 3.05) is 18.2 Å². The van der Waals surface area contributed by atoms with Gasteiger partial charge in [0, 0.05) is 25.1 Å². The Morgan fingerprint density at radius 2 is 1.65 bits per heavy atom. The molecule has 0 saturated carbocycles. The molecule has 6 heteroatoms. The fourth-order valence-electron chi connectivity index (χ4n) is 2.15. The number of aromatic nitrogens is 3.